The van der Waals surface area contributed by atoms with Crippen LogP contribution in [0.5, 0.6) is 0 Å². The molecule has 0 bridgehead atoms. The van der Waals surface area contributed by atoms with Crippen molar-refractivity contribution < 1.29 is 149 Å². The molecule has 0 fully saturated rings. The van der Waals surface area contributed by atoms with Crippen LogP contribution in [-0.2, 0) is 36.0 Å². The normalized spacial score (nSPS) is 0. The maximum Gasteiger partial charge on any atom is 2.00 e. The fourth-order valence-electron chi connectivity index (χ4n) is 0. The van der Waals surface area contributed by atoms with E-state index in [1.165, 1.54) is 0 Å². The molecule has 8 heavy (non-hydrogen) atoms. The van der Waals surface area contributed by atoms with Gasteiger partial charge in [0.2, 0.25) is 0 Å². The second kappa shape index (κ2) is 66.0. The largest absolute Gasteiger partial charge is 2.00 e. The monoisotopic (exact) mass is 336 g/mol. The fraction of sp³-hybridized carbons (Fsp3) is 0. The van der Waals surface area contributed by atoms with E-state index in [0.717, 1.165) is 0 Å². The first-order chi connectivity index (χ1) is 0. The second-order valence-electron chi connectivity index (χ2n) is 0. The van der Waals surface area contributed by atoms with Crippen molar-refractivity contribution in [2.24, 2.45) is 0 Å². The standard InChI is InChI=1S/5ClH.K.Ni.Zn/h5*1H;;;/q;;;;;+1;2*+2/p-5. The SMILES string of the molecule is [Cl-].[Cl-].[Cl-].[Cl-].[Cl-].[K+].[Ni+2].[Zn+2]. The first kappa shape index (κ1) is 86.7. The number of hydrogen-bond acceptors (Lipinski definition) is 0. The number of rotatable bonds is 0. The molecular weight excluding hydrogens is 340 g/mol. The van der Waals surface area contributed by atoms with Crippen molar-refractivity contribution in [2.75, 3.05) is 0 Å². The van der Waals surface area contributed by atoms with Crippen LogP contribution in [0, 0.1) is 0 Å². The van der Waals surface area contributed by atoms with Crippen molar-refractivity contribution in [3.63, 3.8) is 0 Å². The molecule has 0 heterocycles. The van der Waals surface area contributed by atoms with Gasteiger partial charge in [-0.1, -0.05) is 0 Å². The van der Waals surface area contributed by atoms with Crippen LogP contribution in [0.1, 0.15) is 0 Å². The van der Waals surface area contributed by atoms with E-state index in [9.17, 15) is 0 Å². The second-order valence-corrected chi connectivity index (χ2v) is 0. The van der Waals surface area contributed by atoms with E-state index < -0.39 is 0 Å². The molecule has 0 aromatic heterocycles. The van der Waals surface area contributed by atoms with Crippen LogP contribution < -0.4 is 113 Å². The van der Waals surface area contributed by atoms with Gasteiger partial charge in [-0.05, 0) is 0 Å². The van der Waals surface area contributed by atoms with Crippen LogP contribution >= 0.6 is 0 Å². The molecule has 48 valence electrons. The summed E-state index contributed by atoms with van der Waals surface area (Å²) in [6.45, 7) is 0. The van der Waals surface area contributed by atoms with Crippen molar-refractivity contribution >= 4 is 0 Å². The molecule has 0 radical (unpaired) electrons. The minimum Gasteiger partial charge on any atom is -1.00 e. The molecule has 0 aliphatic carbocycles. The first-order valence-electron chi connectivity index (χ1n) is 0. The average Bonchev–Trinajstić information content (AvgIpc) is 0. The van der Waals surface area contributed by atoms with E-state index in [1.807, 2.05) is 0 Å². The van der Waals surface area contributed by atoms with Gasteiger partial charge < -0.3 is 62.0 Å². The molecular formula is Cl5KNiZn. The summed E-state index contributed by atoms with van der Waals surface area (Å²) in [5.74, 6) is 0. The van der Waals surface area contributed by atoms with Gasteiger partial charge in [0.05, 0.1) is 0 Å². The van der Waals surface area contributed by atoms with Crippen LogP contribution in [0.4, 0.5) is 0 Å². The van der Waals surface area contributed by atoms with Crippen molar-refractivity contribution in [1.82, 2.24) is 0 Å². The smallest absolute Gasteiger partial charge is 1.00 e. The van der Waals surface area contributed by atoms with Gasteiger partial charge in [0.25, 0.3) is 0 Å². The maximum atomic E-state index is 0. The summed E-state index contributed by atoms with van der Waals surface area (Å²) in [5, 5.41) is 0. The molecule has 0 aromatic rings. The molecule has 0 aliphatic rings. The molecule has 0 saturated heterocycles. The first-order valence-corrected chi connectivity index (χ1v) is 0. The number of hydrogen-bond donors (Lipinski definition) is 0. The topological polar surface area (TPSA) is 0 Å². The van der Waals surface area contributed by atoms with Gasteiger partial charge in [-0.2, -0.15) is 0 Å². The molecule has 0 nitrogen and oxygen atoms in total. The van der Waals surface area contributed by atoms with Gasteiger partial charge in [-0.15, -0.1) is 0 Å². The Morgan fingerprint density at radius 2 is 0.500 bits per heavy atom. The molecule has 0 atom stereocenters. The maximum absolute atomic E-state index is 0. The molecule has 8 heteroatoms. The minimum atomic E-state index is 0. The third kappa shape index (κ3) is 48.9. The van der Waals surface area contributed by atoms with E-state index >= 15 is 0 Å². The predicted molar refractivity (Wildman–Crippen MR) is 0 cm³/mol. The summed E-state index contributed by atoms with van der Waals surface area (Å²) in [4.78, 5) is 0. The predicted octanol–water partition coefficient (Wildman–Crippen LogP) is -18.0. The van der Waals surface area contributed by atoms with Crippen LogP contribution in [-0.4, -0.2) is 0 Å². The van der Waals surface area contributed by atoms with Crippen molar-refractivity contribution in [2.45, 2.75) is 0 Å². The molecule has 0 N–H and O–H groups in total. The van der Waals surface area contributed by atoms with Gasteiger partial charge in [-0.25, -0.2) is 0 Å². The molecule has 0 aromatic carbocycles. The van der Waals surface area contributed by atoms with Crippen LogP contribution in [0.3, 0.4) is 0 Å². The summed E-state index contributed by atoms with van der Waals surface area (Å²) in [7, 11) is 0. The Labute approximate surface area is 146 Å². The van der Waals surface area contributed by atoms with Gasteiger partial charge in [0.1, 0.15) is 0 Å². The fourth-order valence-corrected chi connectivity index (χ4v) is 0. The third-order valence-corrected chi connectivity index (χ3v) is 0. The van der Waals surface area contributed by atoms with Crippen molar-refractivity contribution in [3.05, 3.63) is 0 Å². The van der Waals surface area contributed by atoms with Crippen molar-refractivity contribution in [3.8, 4) is 0 Å². The van der Waals surface area contributed by atoms with Crippen LogP contribution in [0.15, 0.2) is 0 Å². The zero-order valence-electron chi connectivity index (χ0n) is 3.91. The molecule has 0 saturated carbocycles. The molecule has 0 spiro atoms. The summed E-state index contributed by atoms with van der Waals surface area (Å²) in [5.41, 5.74) is 0. The van der Waals surface area contributed by atoms with Gasteiger partial charge in [0, 0.05) is 0 Å². The van der Waals surface area contributed by atoms with E-state index in [-0.39, 0.29) is 149 Å². The van der Waals surface area contributed by atoms with E-state index in [2.05, 4.69) is 0 Å². The quantitative estimate of drug-likeness (QED) is 0.384. The summed E-state index contributed by atoms with van der Waals surface area (Å²) < 4.78 is 0. The average molecular weight is 340 g/mol. The summed E-state index contributed by atoms with van der Waals surface area (Å²) in [6, 6.07) is 0. The Hall–Kier alpha value is 4.20. The Morgan fingerprint density at radius 1 is 0.500 bits per heavy atom. The van der Waals surface area contributed by atoms with Gasteiger partial charge in [0.15, 0.2) is 0 Å². The Bertz CT molecular complexity index is 12.4. The Morgan fingerprint density at radius 3 is 0.500 bits per heavy atom. The van der Waals surface area contributed by atoms with Gasteiger partial charge >= 0.3 is 87.4 Å². The molecule has 0 aliphatic heterocycles. The van der Waals surface area contributed by atoms with Crippen molar-refractivity contribution in [1.29, 1.82) is 0 Å². The Balaban J connectivity index is 0. The third-order valence-electron chi connectivity index (χ3n) is 0. The molecule has 0 rings (SSSR count). The minimum absolute atomic E-state index is 0. The van der Waals surface area contributed by atoms with E-state index in [4.69, 9.17) is 0 Å². The van der Waals surface area contributed by atoms with Crippen LogP contribution in [0.2, 0.25) is 0 Å². The zero-order valence-corrected chi connectivity index (χ0v) is 14.8. The molecule has 0 amide bonds. The Kier molecular flexibility index (Phi) is 715. The van der Waals surface area contributed by atoms with E-state index in [0.29, 0.717) is 0 Å². The number of halogens is 5. The molecule has 0 unspecified atom stereocenters. The summed E-state index contributed by atoms with van der Waals surface area (Å²) >= 11 is 0. The summed E-state index contributed by atoms with van der Waals surface area (Å²) in [6.07, 6.45) is 0. The van der Waals surface area contributed by atoms with Crippen LogP contribution in [0.25, 0.3) is 0 Å². The van der Waals surface area contributed by atoms with Gasteiger partial charge in [-0.3, -0.25) is 0 Å². The zero-order chi connectivity index (χ0) is 0. The van der Waals surface area contributed by atoms with E-state index in [1.54, 1.807) is 0 Å².